The van der Waals surface area contributed by atoms with Crippen LogP contribution >= 0.6 is 11.3 Å². The van der Waals surface area contributed by atoms with Gasteiger partial charge in [0.25, 0.3) is 5.91 Å². The number of thiophene rings is 1. The lowest BCUT2D eigenvalue weighted by Gasteiger charge is -2.23. The van der Waals surface area contributed by atoms with Gasteiger partial charge >= 0.3 is 0 Å². The standard InChI is InChI=1S/C27H27N3O3S/c1-3-22-21(18-29(19-15-16-19)26(31)25-14-9-17-34-25)27(30(28-22)20-10-5-4-6-11-20)33-24-13-8-7-12-23(24)32-2/h4-14,17,19H,3,15-16,18H2,1-2H3. The van der Waals surface area contributed by atoms with E-state index in [-0.39, 0.29) is 11.9 Å². The highest BCUT2D eigenvalue weighted by Crippen LogP contribution is 2.38. The Morgan fingerprint density at radius 3 is 2.44 bits per heavy atom. The first-order chi connectivity index (χ1) is 16.7. The Morgan fingerprint density at radius 2 is 1.79 bits per heavy atom. The maximum Gasteiger partial charge on any atom is 0.264 e. The third-order valence-corrected chi connectivity index (χ3v) is 6.80. The molecule has 1 aliphatic rings. The molecular weight excluding hydrogens is 446 g/mol. The molecule has 0 saturated heterocycles. The van der Waals surface area contributed by atoms with Crippen molar-refractivity contribution in [1.29, 1.82) is 0 Å². The summed E-state index contributed by atoms with van der Waals surface area (Å²) in [6.07, 6.45) is 2.77. The molecule has 1 amide bonds. The number of carbonyl (C=O) groups excluding carboxylic acids is 1. The van der Waals surface area contributed by atoms with Crippen LogP contribution in [0.1, 0.15) is 40.7 Å². The normalized spacial score (nSPS) is 13.0. The van der Waals surface area contributed by atoms with Crippen molar-refractivity contribution >= 4 is 17.2 Å². The van der Waals surface area contributed by atoms with E-state index in [2.05, 4.69) is 6.92 Å². The zero-order valence-electron chi connectivity index (χ0n) is 19.3. The predicted octanol–water partition coefficient (Wildman–Crippen LogP) is 6.10. The van der Waals surface area contributed by atoms with E-state index in [4.69, 9.17) is 14.6 Å². The minimum absolute atomic E-state index is 0.0651. The topological polar surface area (TPSA) is 56.6 Å². The Bertz CT molecular complexity index is 1260. The first-order valence-corrected chi connectivity index (χ1v) is 12.4. The number of aromatic nitrogens is 2. The molecule has 0 radical (unpaired) electrons. The highest BCUT2D eigenvalue weighted by molar-refractivity contribution is 7.12. The molecule has 2 heterocycles. The molecule has 2 aromatic carbocycles. The average Bonchev–Trinajstić information content (AvgIpc) is 3.45. The largest absolute Gasteiger partial charge is 0.493 e. The number of rotatable bonds is 9. The van der Waals surface area contributed by atoms with E-state index in [1.54, 1.807) is 7.11 Å². The van der Waals surface area contributed by atoms with Crippen LogP contribution in [-0.4, -0.2) is 33.7 Å². The lowest BCUT2D eigenvalue weighted by Crippen LogP contribution is -2.32. The Hall–Kier alpha value is -3.58. The molecule has 0 unspecified atom stereocenters. The highest BCUT2D eigenvalue weighted by Gasteiger charge is 2.35. The third-order valence-electron chi connectivity index (χ3n) is 5.94. The van der Waals surface area contributed by atoms with E-state index >= 15 is 0 Å². The summed E-state index contributed by atoms with van der Waals surface area (Å²) in [6.45, 7) is 2.53. The highest BCUT2D eigenvalue weighted by atomic mass is 32.1. The number of para-hydroxylation sites is 3. The molecule has 1 saturated carbocycles. The summed E-state index contributed by atoms with van der Waals surface area (Å²) in [5, 5.41) is 6.86. The molecule has 0 N–H and O–H groups in total. The number of hydrogen-bond acceptors (Lipinski definition) is 5. The van der Waals surface area contributed by atoms with Crippen molar-refractivity contribution < 1.29 is 14.3 Å². The number of carbonyl (C=O) groups is 1. The second-order valence-electron chi connectivity index (χ2n) is 8.23. The number of hydrogen-bond donors (Lipinski definition) is 0. The fraction of sp³-hybridized carbons (Fsp3) is 0.259. The monoisotopic (exact) mass is 473 g/mol. The van der Waals surface area contributed by atoms with E-state index in [1.165, 1.54) is 11.3 Å². The van der Waals surface area contributed by atoms with Gasteiger partial charge in [-0.15, -0.1) is 11.3 Å². The molecule has 5 rings (SSSR count). The van der Waals surface area contributed by atoms with E-state index in [1.807, 2.05) is 81.7 Å². The molecule has 0 atom stereocenters. The van der Waals surface area contributed by atoms with Gasteiger partial charge in [-0.05, 0) is 55.0 Å². The predicted molar refractivity (Wildman–Crippen MR) is 133 cm³/mol. The van der Waals surface area contributed by atoms with E-state index < -0.39 is 0 Å². The SMILES string of the molecule is CCc1nn(-c2ccccc2)c(Oc2ccccc2OC)c1CN(C(=O)c1cccs1)C1CC1. The van der Waals surface area contributed by atoms with Gasteiger partial charge in [-0.1, -0.05) is 43.3 Å². The van der Waals surface area contributed by atoms with Gasteiger partial charge in [-0.25, -0.2) is 4.68 Å². The number of nitrogens with zero attached hydrogens (tertiary/aromatic N) is 3. The molecule has 34 heavy (non-hydrogen) atoms. The summed E-state index contributed by atoms with van der Waals surface area (Å²) in [5.74, 6) is 1.92. The summed E-state index contributed by atoms with van der Waals surface area (Å²) in [7, 11) is 1.63. The molecule has 4 aromatic rings. The molecule has 1 fully saturated rings. The summed E-state index contributed by atoms with van der Waals surface area (Å²) >= 11 is 1.48. The van der Waals surface area contributed by atoms with E-state index in [0.29, 0.717) is 23.9 Å². The van der Waals surface area contributed by atoms with Crippen molar-refractivity contribution in [1.82, 2.24) is 14.7 Å². The van der Waals surface area contributed by atoms with Gasteiger partial charge in [0.05, 0.1) is 35.5 Å². The number of amides is 1. The number of benzene rings is 2. The van der Waals surface area contributed by atoms with Crippen molar-refractivity contribution in [3.05, 3.63) is 88.2 Å². The maximum absolute atomic E-state index is 13.4. The van der Waals surface area contributed by atoms with Crippen molar-refractivity contribution in [3.63, 3.8) is 0 Å². The van der Waals surface area contributed by atoms with Crippen LogP contribution in [0.2, 0.25) is 0 Å². The van der Waals surface area contributed by atoms with Crippen LogP contribution < -0.4 is 9.47 Å². The van der Waals surface area contributed by atoms with E-state index in [0.717, 1.165) is 41.1 Å². The minimum atomic E-state index is 0.0651. The van der Waals surface area contributed by atoms with Crippen LogP contribution in [0.25, 0.3) is 5.69 Å². The van der Waals surface area contributed by atoms with Crippen molar-refractivity contribution in [2.75, 3.05) is 7.11 Å². The van der Waals surface area contributed by atoms with Crippen molar-refractivity contribution in [2.24, 2.45) is 0 Å². The van der Waals surface area contributed by atoms with Gasteiger partial charge < -0.3 is 14.4 Å². The van der Waals surface area contributed by atoms with Crippen LogP contribution in [0, 0.1) is 0 Å². The average molecular weight is 474 g/mol. The summed E-state index contributed by atoms with van der Waals surface area (Å²) in [4.78, 5) is 16.1. The quantitative estimate of drug-likeness (QED) is 0.295. The molecule has 2 aromatic heterocycles. The molecule has 0 spiro atoms. The van der Waals surface area contributed by atoms with Gasteiger partial charge in [0.1, 0.15) is 0 Å². The van der Waals surface area contributed by atoms with Gasteiger partial charge in [-0.2, -0.15) is 5.10 Å². The lowest BCUT2D eigenvalue weighted by atomic mass is 10.1. The third kappa shape index (κ3) is 4.43. The molecular formula is C27H27N3O3S. The zero-order valence-corrected chi connectivity index (χ0v) is 20.1. The van der Waals surface area contributed by atoms with Gasteiger partial charge in [0.2, 0.25) is 5.88 Å². The van der Waals surface area contributed by atoms with Crippen LogP contribution in [0.3, 0.4) is 0 Å². The second-order valence-corrected chi connectivity index (χ2v) is 9.17. The number of methoxy groups -OCH3 is 1. The number of aryl methyl sites for hydroxylation is 1. The van der Waals surface area contributed by atoms with Crippen molar-refractivity contribution in [2.45, 2.75) is 38.8 Å². The summed E-state index contributed by atoms with van der Waals surface area (Å²) in [6, 6.07) is 21.6. The van der Waals surface area contributed by atoms with Gasteiger partial charge in [0.15, 0.2) is 11.5 Å². The van der Waals surface area contributed by atoms with Crippen LogP contribution in [-0.2, 0) is 13.0 Å². The summed E-state index contributed by atoms with van der Waals surface area (Å²) in [5.41, 5.74) is 2.74. The van der Waals surface area contributed by atoms with Crippen molar-refractivity contribution in [3.8, 4) is 23.1 Å². The Balaban J connectivity index is 1.60. The van der Waals surface area contributed by atoms with Crippen LogP contribution in [0.4, 0.5) is 0 Å². The maximum atomic E-state index is 13.4. The lowest BCUT2D eigenvalue weighted by molar-refractivity contribution is 0.0733. The molecule has 1 aliphatic carbocycles. The zero-order chi connectivity index (χ0) is 23.5. The Morgan fingerprint density at radius 1 is 1.06 bits per heavy atom. The summed E-state index contributed by atoms with van der Waals surface area (Å²) < 4.78 is 13.9. The van der Waals surface area contributed by atoms with Gasteiger partial charge in [0, 0.05) is 6.04 Å². The molecule has 174 valence electrons. The Labute approximate surface area is 203 Å². The minimum Gasteiger partial charge on any atom is -0.493 e. The molecule has 0 aliphatic heterocycles. The first-order valence-electron chi connectivity index (χ1n) is 11.5. The molecule has 7 heteroatoms. The molecule has 6 nitrogen and oxygen atoms in total. The fourth-order valence-corrected chi connectivity index (χ4v) is 4.72. The van der Waals surface area contributed by atoms with Crippen LogP contribution in [0.15, 0.2) is 72.1 Å². The van der Waals surface area contributed by atoms with E-state index in [9.17, 15) is 4.79 Å². The first kappa shape index (κ1) is 22.2. The fourth-order valence-electron chi connectivity index (χ4n) is 4.04. The smallest absolute Gasteiger partial charge is 0.264 e. The number of ether oxygens (including phenoxy) is 2. The second kappa shape index (κ2) is 9.73. The molecule has 0 bridgehead atoms. The van der Waals surface area contributed by atoms with Gasteiger partial charge in [-0.3, -0.25) is 4.79 Å². The van der Waals surface area contributed by atoms with Crippen LogP contribution in [0.5, 0.6) is 17.4 Å². The Kier molecular flexibility index (Phi) is 6.36.